The van der Waals surface area contributed by atoms with E-state index in [1.54, 1.807) is 0 Å². The van der Waals surface area contributed by atoms with Gasteiger partial charge in [-0.05, 0) is 31.4 Å². The molecule has 0 aliphatic carbocycles. The van der Waals surface area contributed by atoms with Gasteiger partial charge in [0.15, 0.2) is 0 Å². The van der Waals surface area contributed by atoms with Crippen molar-refractivity contribution in [2.24, 2.45) is 0 Å². The minimum atomic E-state index is -0.721. The van der Waals surface area contributed by atoms with E-state index in [9.17, 15) is 4.79 Å². The highest BCUT2D eigenvalue weighted by atomic mass is 16.4. The first-order valence-electron chi connectivity index (χ1n) is 7.44. The number of nitrogens with zero attached hydrogens (tertiary/aromatic N) is 2. The molecule has 0 saturated carbocycles. The molecule has 1 fully saturated rings. The quantitative estimate of drug-likeness (QED) is 0.770. The zero-order valence-corrected chi connectivity index (χ0v) is 12.0. The van der Waals surface area contributed by atoms with E-state index in [0.29, 0.717) is 0 Å². The molecule has 2 rings (SSSR count). The van der Waals surface area contributed by atoms with Crippen LogP contribution in [-0.2, 0) is 11.2 Å². The molecule has 1 saturated heterocycles. The second-order valence-electron chi connectivity index (χ2n) is 5.45. The fourth-order valence-corrected chi connectivity index (χ4v) is 2.67. The van der Waals surface area contributed by atoms with E-state index in [4.69, 9.17) is 5.11 Å². The fourth-order valence-electron chi connectivity index (χ4n) is 2.67. The van der Waals surface area contributed by atoms with Crippen molar-refractivity contribution >= 4 is 5.97 Å². The molecule has 110 valence electrons. The lowest BCUT2D eigenvalue weighted by atomic mass is 10.1. The van der Waals surface area contributed by atoms with Gasteiger partial charge >= 0.3 is 5.97 Å². The largest absolute Gasteiger partial charge is 0.480 e. The molecule has 4 heteroatoms. The Bertz CT molecular complexity index is 400. The molecular weight excluding hydrogens is 252 g/mol. The smallest absolute Gasteiger partial charge is 0.317 e. The van der Waals surface area contributed by atoms with Gasteiger partial charge in [0, 0.05) is 26.2 Å². The SMILES string of the molecule is O=C(O)CN1CCN(CCCCc2ccccc2)CC1. The van der Waals surface area contributed by atoms with Crippen LogP contribution < -0.4 is 0 Å². The number of aryl methyl sites for hydroxylation is 1. The van der Waals surface area contributed by atoms with Crippen LogP contribution in [0.15, 0.2) is 30.3 Å². The fraction of sp³-hybridized carbons (Fsp3) is 0.562. The molecule has 1 aromatic carbocycles. The van der Waals surface area contributed by atoms with E-state index >= 15 is 0 Å². The maximum absolute atomic E-state index is 10.6. The Morgan fingerprint density at radius 3 is 2.30 bits per heavy atom. The van der Waals surface area contributed by atoms with Crippen LogP contribution in [-0.4, -0.2) is 60.1 Å². The highest BCUT2D eigenvalue weighted by Gasteiger charge is 2.17. The van der Waals surface area contributed by atoms with Gasteiger partial charge in [-0.1, -0.05) is 30.3 Å². The number of aliphatic carboxylic acids is 1. The average Bonchev–Trinajstić information content (AvgIpc) is 2.46. The highest BCUT2D eigenvalue weighted by molar-refractivity contribution is 5.69. The Kier molecular flexibility index (Phi) is 6.02. The van der Waals surface area contributed by atoms with Gasteiger partial charge in [-0.3, -0.25) is 9.69 Å². The molecule has 0 atom stereocenters. The zero-order valence-electron chi connectivity index (χ0n) is 12.0. The molecule has 1 heterocycles. The van der Waals surface area contributed by atoms with Crippen molar-refractivity contribution in [1.29, 1.82) is 0 Å². The summed E-state index contributed by atoms with van der Waals surface area (Å²) in [5, 5.41) is 8.76. The third kappa shape index (κ3) is 5.31. The third-order valence-electron chi connectivity index (χ3n) is 3.86. The number of hydrogen-bond donors (Lipinski definition) is 1. The van der Waals surface area contributed by atoms with Crippen LogP contribution in [0.1, 0.15) is 18.4 Å². The Hall–Kier alpha value is -1.39. The lowest BCUT2D eigenvalue weighted by Crippen LogP contribution is -2.48. The van der Waals surface area contributed by atoms with Crippen molar-refractivity contribution in [3.8, 4) is 0 Å². The molecule has 1 aromatic rings. The van der Waals surface area contributed by atoms with Crippen LogP contribution in [0.3, 0.4) is 0 Å². The van der Waals surface area contributed by atoms with Crippen molar-refractivity contribution in [2.45, 2.75) is 19.3 Å². The van der Waals surface area contributed by atoms with E-state index in [1.165, 1.54) is 18.4 Å². The molecule has 1 aliphatic rings. The van der Waals surface area contributed by atoms with Crippen molar-refractivity contribution < 1.29 is 9.90 Å². The predicted molar refractivity (Wildman–Crippen MR) is 79.9 cm³/mol. The Morgan fingerprint density at radius 1 is 1.00 bits per heavy atom. The molecule has 1 aliphatic heterocycles. The predicted octanol–water partition coefficient (Wildman–Crippen LogP) is 1.71. The van der Waals surface area contributed by atoms with Crippen LogP contribution in [0, 0.1) is 0 Å². The van der Waals surface area contributed by atoms with E-state index < -0.39 is 5.97 Å². The zero-order chi connectivity index (χ0) is 14.2. The van der Waals surface area contributed by atoms with E-state index in [0.717, 1.165) is 39.1 Å². The van der Waals surface area contributed by atoms with Crippen molar-refractivity contribution in [1.82, 2.24) is 9.80 Å². The molecular formula is C16H24N2O2. The van der Waals surface area contributed by atoms with Crippen molar-refractivity contribution in [2.75, 3.05) is 39.3 Å². The second kappa shape index (κ2) is 8.02. The molecule has 4 nitrogen and oxygen atoms in total. The van der Waals surface area contributed by atoms with Crippen LogP contribution >= 0.6 is 0 Å². The summed E-state index contributed by atoms with van der Waals surface area (Å²) in [5.74, 6) is -0.721. The van der Waals surface area contributed by atoms with Gasteiger partial charge in [0.05, 0.1) is 6.54 Å². The van der Waals surface area contributed by atoms with Gasteiger partial charge in [-0.25, -0.2) is 0 Å². The van der Waals surface area contributed by atoms with Crippen molar-refractivity contribution in [3.63, 3.8) is 0 Å². The monoisotopic (exact) mass is 276 g/mol. The number of rotatable bonds is 7. The first kappa shape index (κ1) is 15.0. The standard InChI is InChI=1S/C16H24N2O2/c19-16(20)14-18-12-10-17(11-13-18)9-5-4-8-15-6-2-1-3-7-15/h1-3,6-7H,4-5,8-14H2,(H,19,20). The molecule has 0 amide bonds. The average molecular weight is 276 g/mol. The van der Waals surface area contributed by atoms with Crippen LogP contribution in [0.4, 0.5) is 0 Å². The molecule has 1 N–H and O–H groups in total. The number of hydrogen-bond acceptors (Lipinski definition) is 3. The molecule has 0 bridgehead atoms. The van der Waals surface area contributed by atoms with Gasteiger partial charge in [0.1, 0.15) is 0 Å². The number of carboxylic acids is 1. The lowest BCUT2D eigenvalue weighted by molar-refractivity contribution is -0.138. The van der Waals surface area contributed by atoms with E-state index in [1.807, 2.05) is 4.90 Å². The number of carboxylic acid groups (broad SMARTS) is 1. The summed E-state index contributed by atoms with van der Waals surface area (Å²) in [6.07, 6.45) is 3.59. The summed E-state index contributed by atoms with van der Waals surface area (Å²) >= 11 is 0. The normalized spacial score (nSPS) is 17.2. The van der Waals surface area contributed by atoms with Gasteiger partial charge < -0.3 is 10.0 Å². The van der Waals surface area contributed by atoms with E-state index in [2.05, 4.69) is 35.2 Å². The minimum Gasteiger partial charge on any atom is -0.480 e. The van der Waals surface area contributed by atoms with Gasteiger partial charge in [0.25, 0.3) is 0 Å². The number of piperazine rings is 1. The van der Waals surface area contributed by atoms with Gasteiger partial charge in [-0.15, -0.1) is 0 Å². The topological polar surface area (TPSA) is 43.8 Å². The summed E-state index contributed by atoms with van der Waals surface area (Å²) in [5.41, 5.74) is 1.42. The summed E-state index contributed by atoms with van der Waals surface area (Å²) in [6, 6.07) is 10.6. The molecule has 20 heavy (non-hydrogen) atoms. The first-order valence-corrected chi connectivity index (χ1v) is 7.44. The highest BCUT2D eigenvalue weighted by Crippen LogP contribution is 2.07. The first-order chi connectivity index (χ1) is 9.74. The summed E-state index contributed by atoms with van der Waals surface area (Å²) < 4.78 is 0. The molecule has 0 spiro atoms. The van der Waals surface area contributed by atoms with Crippen molar-refractivity contribution in [3.05, 3.63) is 35.9 Å². The maximum Gasteiger partial charge on any atom is 0.317 e. The third-order valence-corrected chi connectivity index (χ3v) is 3.86. The number of benzene rings is 1. The number of unbranched alkanes of at least 4 members (excludes halogenated alkanes) is 1. The molecule has 0 unspecified atom stereocenters. The Labute approximate surface area is 121 Å². The summed E-state index contributed by atoms with van der Waals surface area (Å²) in [7, 11) is 0. The van der Waals surface area contributed by atoms with E-state index in [-0.39, 0.29) is 6.54 Å². The summed E-state index contributed by atoms with van der Waals surface area (Å²) in [4.78, 5) is 15.1. The number of carbonyl (C=O) groups is 1. The van der Waals surface area contributed by atoms with Crippen LogP contribution in [0.25, 0.3) is 0 Å². The molecule has 0 aromatic heterocycles. The van der Waals surface area contributed by atoms with Crippen LogP contribution in [0.2, 0.25) is 0 Å². The van der Waals surface area contributed by atoms with Crippen LogP contribution in [0.5, 0.6) is 0 Å². The maximum atomic E-state index is 10.6. The Morgan fingerprint density at radius 2 is 1.65 bits per heavy atom. The lowest BCUT2D eigenvalue weighted by Gasteiger charge is -2.33. The second-order valence-corrected chi connectivity index (χ2v) is 5.45. The van der Waals surface area contributed by atoms with Gasteiger partial charge in [0.2, 0.25) is 0 Å². The Balaban J connectivity index is 1.56. The molecule has 0 radical (unpaired) electrons. The minimum absolute atomic E-state index is 0.182. The van der Waals surface area contributed by atoms with Gasteiger partial charge in [-0.2, -0.15) is 0 Å². The summed E-state index contributed by atoms with van der Waals surface area (Å²) in [6.45, 7) is 5.07.